The summed E-state index contributed by atoms with van der Waals surface area (Å²) >= 11 is 0. The summed E-state index contributed by atoms with van der Waals surface area (Å²) < 4.78 is 38.6. The van der Waals surface area contributed by atoms with Crippen LogP contribution in [0.2, 0.25) is 0 Å². The number of urea groups is 1. The molecule has 0 radical (unpaired) electrons. The van der Waals surface area contributed by atoms with E-state index in [4.69, 9.17) is 0 Å². The lowest BCUT2D eigenvalue weighted by molar-refractivity contribution is -0.137. The predicted molar refractivity (Wildman–Crippen MR) is 159 cm³/mol. The SMILES string of the molecule is O=C(Nc1ccc(C(F)(F)F)cc1)Nc1ccc(N2CCN(Cc3ccccc3)CC2)c(C(=O)NC2CCCCC2)c1. The van der Waals surface area contributed by atoms with Gasteiger partial charge in [-0.05, 0) is 60.9 Å². The van der Waals surface area contributed by atoms with Crippen molar-refractivity contribution in [2.75, 3.05) is 41.7 Å². The van der Waals surface area contributed by atoms with Gasteiger partial charge in [-0.25, -0.2) is 4.79 Å². The average molecular weight is 580 g/mol. The van der Waals surface area contributed by atoms with Crippen molar-refractivity contribution < 1.29 is 22.8 Å². The standard InChI is InChI=1S/C32H36F3N5O2/c33-32(34,35)24-11-13-26(14-12-24)37-31(42)38-27-15-16-29(28(21-27)30(41)36-25-9-5-2-6-10-25)40-19-17-39(18-20-40)22-23-7-3-1-4-8-23/h1,3-4,7-8,11-16,21,25H,2,5-6,9-10,17-20,22H2,(H,36,41)(H2,37,38,42). The van der Waals surface area contributed by atoms with Crippen molar-refractivity contribution in [2.45, 2.75) is 50.9 Å². The minimum Gasteiger partial charge on any atom is -0.368 e. The molecule has 0 unspecified atom stereocenters. The maximum Gasteiger partial charge on any atom is 0.416 e. The Labute approximate surface area is 244 Å². The maximum atomic E-state index is 13.6. The summed E-state index contributed by atoms with van der Waals surface area (Å²) in [6.45, 7) is 4.11. The van der Waals surface area contributed by atoms with Crippen LogP contribution in [-0.2, 0) is 12.7 Å². The zero-order valence-electron chi connectivity index (χ0n) is 23.4. The van der Waals surface area contributed by atoms with Crippen molar-refractivity contribution in [1.82, 2.24) is 10.2 Å². The Kier molecular flexibility index (Phi) is 9.31. The van der Waals surface area contributed by atoms with Crippen molar-refractivity contribution in [1.29, 1.82) is 0 Å². The van der Waals surface area contributed by atoms with E-state index in [1.807, 2.05) is 24.3 Å². The molecule has 1 aliphatic carbocycles. The molecule has 1 saturated carbocycles. The first-order valence-electron chi connectivity index (χ1n) is 14.5. The van der Waals surface area contributed by atoms with Crippen molar-refractivity contribution >= 4 is 29.0 Å². The van der Waals surface area contributed by atoms with Crippen molar-refractivity contribution in [3.63, 3.8) is 0 Å². The molecule has 222 valence electrons. The van der Waals surface area contributed by atoms with E-state index in [1.54, 1.807) is 12.1 Å². The minimum atomic E-state index is -4.45. The number of hydrogen-bond donors (Lipinski definition) is 3. The first-order chi connectivity index (χ1) is 20.2. The van der Waals surface area contributed by atoms with Crippen LogP contribution in [0.25, 0.3) is 0 Å². The second-order valence-corrected chi connectivity index (χ2v) is 10.9. The summed E-state index contributed by atoms with van der Waals surface area (Å²) in [5.74, 6) is -0.171. The normalized spacial score (nSPS) is 16.6. The lowest BCUT2D eigenvalue weighted by atomic mass is 9.95. The summed E-state index contributed by atoms with van der Waals surface area (Å²) in [6, 6.07) is 19.4. The molecule has 3 aromatic carbocycles. The molecule has 10 heteroatoms. The zero-order chi connectivity index (χ0) is 29.5. The first-order valence-corrected chi connectivity index (χ1v) is 14.5. The van der Waals surface area contributed by atoms with Gasteiger partial charge in [0.1, 0.15) is 0 Å². The molecular weight excluding hydrogens is 543 g/mol. The van der Waals surface area contributed by atoms with E-state index >= 15 is 0 Å². The van der Waals surface area contributed by atoms with Gasteiger partial charge in [-0.3, -0.25) is 9.69 Å². The number of rotatable bonds is 7. The van der Waals surface area contributed by atoms with Crippen LogP contribution in [0, 0.1) is 0 Å². The largest absolute Gasteiger partial charge is 0.416 e. The lowest BCUT2D eigenvalue weighted by Crippen LogP contribution is -2.46. The molecule has 7 nitrogen and oxygen atoms in total. The van der Waals surface area contributed by atoms with Gasteiger partial charge in [0.15, 0.2) is 0 Å². The predicted octanol–water partition coefficient (Wildman–Crippen LogP) is 6.73. The molecule has 3 aromatic rings. The van der Waals surface area contributed by atoms with Gasteiger partial charge in [-0.2, -0.15) is 13.2 Å². The second kappa shape index (κ2) is 13.3. The highest BCUT2D eigenvalue weighted by Crippen LogP contribution is 2.30. The Bertz CT molecular complexity index is 1350. The van der Waals surface area contributed by atoms with Gasteiger partial charge >= 0.3 is 12.2 Å². The number of nitrogens with zero attached hydrogens (tertiary/aromatic N) is 2. The minimum absolute atomic E-state index is 0.126. The average Bonchev–Trinajstić information content (AvgIpc) is 2.98. The third kappa shape index (κ3) is 7.82. The lowest BCUT2D eigenvalue weighted by Gasteiger charge is -2.37. The molecule has 1 heterocycles. The van der Waals surface area contributed by atoms with Gasteiger partial charge < -0.3 is 20.9 Å². The molecule has 1 aliphatic heterocycles. The van der Waals surface area contributed by atoms with Gasteiger partial charge in [-0.1, -0.05) is 49.6 Å². The quantitative estimate of drug-likeness (QED) is 0.290. The monoisotopic (exact) mass is 579 g/mol. The summed E-state index contributed by atoms with van der Waals surface area (Å²) in [5, 5.41) is 8.47. The molecule has 3 amide bonds. The fraction of sp³-hybridized carbons (Fsp3) is 0.375. The molecule has 0 spiro atoms. The van der Waals surface area contributed by atoms with Gasteiger partial charge in [0.05, 0.1) is 11.1 Å². The fourth-order valence-electron chi connectivity index (χ4n) is 5.61. The Hall–Kier alpha value is -4.05. The Morgan fingerprint density at radius 1 is 0.786 bits per heavy atom. The topological polar surface area (TPSA) is 76.7 Å². The highest BCUT2D eigenvalue weighted by molar-refractivity contribution is 6.04. The van der Waals surface area contributed by atoms with E-state index in [1.165, 1.54) is 24.1 Å². The number of carbonyl (C=O) groups is 2. The number of halogens is 3. The molecule has 2 aliphatic rings. The van der Waals surface area contributed by atoms with Crippen LogP contribution in [-0.4, -0.2) is 49.1 Å². The van der Waals surface area contributed by atoms with E-state index in [0.717, 1.165) is 76.2 Å². The highest BCUT2D eigenvalue weighted by Gasteiger charge is 2.30. The van der Waals surface area contributed by atoms with Crippen molar-refractivity contribution in [2.24, 2.45) is 0 Å². The number of carbonyl (C=O) groups excluding carboxylic acids is 2. The van der Waals surface area contributed by atoms with Crippen molar-refractivity contribution in [3.8, 4) is 0 Å². The number of piperazine rings is 1. The molecule has 1 saturated heterocycles. The zero-order valence-corrected chi connectivity index (χ0v) is 23.4. The fourth-order valence-corrected chi connectivity index (χ4v) is 5.61. The summed E-state index contributed by atoms with van der Waals surface area (Å²) in [6.07, 6.45) is 0.809. The van der Waals surface area contributed by atoms with E-state index in [0.29, 0.717) is 11.3 Å². The molecule has 2 fully saturated rings. The molecule has 42 heavy (non-hydrogen) atoms. The Morgan fingerprint density at radius 2 is 1.43 bits per heavy atom. The molecular formula is C32H36F3N5O2. The summed E-state index contributed by atoms with van der Waals surface area (Å²) in [7, 11) is 0. The number of anilines is 3. The Balaban J connectivity index is 1.28. The summed E-state index contributed by atoms with van der Waals surface area (Å²) in [4.78, 5) is 30.8. The highest BCUT2D eigenvalue weighted by atomic mass is 19.4. The number of hydrogen-bond acceptors (Lipinski definition) is 4. The van der Waals surface area contributed by atoms with Crippen molar-refractivity contribution in [3.05, 3.63) is 89.5 Å². The third-order valence-corrected chi connectivity index (χ3v) is 7.87. The molecule has 5 rings (SSSR count). The molecule has 3 N–H and O–H groups in total. The smallest absolute Gasteiger partial charge is 0.368 e. The number of amides is 3. The second-order valence-electron chi connectivity index (χ2n) is 10.9. The Morgan fingerprint density at radius 3 is 2.10 bits per heavy atom. The first kappa shape index (κ1) is 29.4. The van der Waals surface area contributed by atoms with E-state index in [-0.39, 0.29) is 17.6 Å². The van der Waals surface area contributed by atoms with Gasteiger partial charge in [0.25, 0.3) is 5.91 Å². The van der Waals surface area contributed by atoms with Gasteiger partial charge in [0, 0.05) is 55.8 Å². The maximum absolute atomic E-state index is 13.6. The van der Waals surface area contributed by atoms with Crippen LogP contribution in [0.15, 0.2) is 72.8 Å². The van der Waals surface area contributed by atoms with E-state index < -0.39 is 17.8 Å². The number of benzene rings is 3. The van der Waals surface area contributed by atoms with Gasteiger partial charge in [0.2, 0.25) is 0 Å². The van der Waals surface area contributed by atoms with E-state index in [2.05, 4.69) is 37.9 Å². The van der Waals surface area contributed by atoms with E-state index in [9.17, 15) is 22.8 Å². The summed E-state index contributed by atoms with van der Waals surface area (Å²) in [5.41, 5.74) is 2.42. The molecule has 0 atom stereocenters. The molecule has 0 bridgehead atoms. The van der Waals surface area contributed by atoms with Crippen LogP contribution in [0.5, 0.6) is 0 Å². The number of alkyl halides is 3. The van der Waals surface area contributed by atoms with Gasteiger partial charge in [-0.15, -0.1) is 0 Å². The van der Waals surface area contributed by atoms with Crippen LogP contribution in [0.1, 0.15) is 53.6 Å². The number of nitrogens with one attached hydrogen (secondary N) is 3. The van der Waals surface area contributed by atoms with Crippen LogP contribution in [0.4, 0.5) is 35.0 Å². The van der Waals surface area contributed by atoms with Crippen LogP contribution in [0.3, 0.4) is 0 Å². The van der Waals surface area contributed by atoms with Crippen LogP contribution < -0.4 is 20.9 Å². The third-order valence-electron chi connectivity index (χ3n) is 7.87. The van der Waals surface area contributed by atoms with Crippen LogP contribution >= 0.6 is 0 Å². The molecule has 0 aromatic heterocycles.